The Morgan fingerprint density at radius 2 is 2.00 bits per heavy atom. The van der Waals surface area contributed by atoms with Crippen molar-refractivity contribution in [1.29, 1.82) is 0 Å². The van der Waals surface area contributed by atoms with Gasteiger partial charge < -0.3 is 4.74 Å². The molecule has 0 saturated carbocycles. The maximum absolute atomic E-state index is 12.9. The molecule has 1 aliphatic carbocycles. The number of carbonyl (C=O) groups excluding carboxylic acids is 1. The number of sulfonamides is 1. The fraction of sp³-hybridized carbons (Fsp3) is 0.316. The lowest BCUT2D eigenvalue weighted by atomic mass is 10.1. The Labute approximate surface area is 158 Å². The van der Waals surface area contributed by atoms with Gasteiger partial charge in [0.15, 0.2) is 0 Å². The largest absolute Gasteiger partial charge is 0.495 e. The average molecular weight is 390 g/mol. The molecule has 144 valence electrons. The van der Waals surface area contributed by atoms with Gasteiger partial charge in [-0.2, -0.15) is 0 Å². The molecule has 0 radical (unpaired) electrons. The second-order valence-corrected chi connectivity index (χ2v) is 7.60. The van der Waals surface area contributed by atoms with E-state index in [9.17, 15) is 18.1 Å². The zero-order chi connectivity index (χ0) is 20.0. The van der Waals surface area contributed by atoms with Crippen LogP contribution in [-0.2, 0) is 14.8 Å². The molecule has 0 atom stereocenters. The van der Waals surface area contributed by atoms with E-state index in [0.29, 0.717) is 24.3 Å². The van der Waals surface area contributed by atoms with Gasteiger partial charge in [0.1, 0.15) is 5.76 Å². The number of ether oxygens (including phenoxy) is 1. The first-order valence-corrected chi connectivity index (χ1v) is 10.0. The predicted octanol–water partition coefficient (Wildman–Crippen LogP) is 3.81. The van der Waals surface area contributed by atoms with Crippen molar-refractivity contribution in [2.75, 3.05) is 7.11 Å². The third kappa shape index (κ3) is 4.71. The summed E-state index contributed by atoms with van der Waals surface area (Å²) in [5.74, 6) is -0.537. The van der Waals surface area contributed by atoms with Crippen LogP contribution < -0.4 is 4.72 Å². The van der Waals surface area contributed by atoms with Crippen LogP contribution in [0.5, 0.6) is 0 Å². The topological polar surface area (TPSA) is 102 Å². The van der Waals surface area contributed by atoms with E-state index in [-0.39, 0.29) is 10.5 Å². The summed E-state index contributed by atoms with van der Waals surface area (Å²) in [5.41, 5.74) is 2.21. The number of hydrogen-bond donors (Lipinski definition) is 1. The van der Waals surface area contributed by atoms with E-state index in [2.05, 4.69) is 9.90 Å². The minimum absolute atomic E-state index is 0.0892. The van der Waals surface area contributed by atoms with Gasteiger partial charge in [-0.3, -0.25) is 9.52 Å². The zero-order valence-electron chi connectivity index (χ0n) is 15.5. The molecule has 0 spiro atoms. The molecular formula is C19H22N2O5S. The molecule has 1 amide bonds. The highest BCUT2D eigenvalue weighted by Gasteiger charge is 2.22. The van der Waals surface area contributed by atoms with Crippen LogP contribution in [0.15, 0.2) is 69.1 Å². The number of rotatable bonds is 7. The Bertz CT molecular complexity index is 943. The summed E-state index contributed by atoms with van der Waals surface area (Å²) in [5, 5.41) is 2.33. The second-order valence-electron chi connectivity index (χ2n) is 5.91. The van der Waals surface area contributed by atoms with Crippen molar-refractivity contribution in [3.05, 3.63) is 69.5 Å². The third-order valence-electron chi connectivity index (χ3n) is 4.26. The molecule has 2 rings (SSSR count). The van der Waals surface area contributed by atoms with Crippen LogP contribution in [0.2, 0.25) is 0 Å². The average Bonchev–Trinajstić information content (AvgIpc) is 2.85. The molecule has 0 fully saturated rings. The number of hydrogen-bond acceptors (Lipinski definition) is 5. The molecule has 1 aromatic carbocycles. The van der Waals surface area contributed by atoms with E-state index in [1.54, 1.807) is 6.08 Å². The molecule has 8 heteroatoms. The first-order chi connectivity index (χ1) is 12.9. The van der Waals surface area contributed by atoms with Crippen LogP contribution >= 0.6 is 0 Å². The molecule has 1 aliphatic rings. The predicted molar refractivity (Wildman–Crippen MR) is 102 cm³/mol. The number of amides is 1. The van der Waals surface area contributed by atoms with E-state index in [1.807, 2.05) is 19.9 Å². The third-order valence-corrected chi connectivity index (χ3v) is 5.63. The Hall–Kier alpha value is -2.74. The summed E-state index contributed by atoms with van der Waals surface area (Å²) in [6.45, 7) is 3.96. The molecular weight excluding hydrogens is 368 g/mol. The minimum Gasteiger partial charge on any atom is -0.495 e. The fourth-order valence-electron chi connectivity index (χ4n) is 2.78. The van der Waals surface area contributed by atoms with E-state index in [4.69, 9.17) is 4.74 Å². The summed E-state index contributed by atoms with van der Waals surface area (Å²) in [4.78, 5) is 21.7. The standard InChI is InChI=1S/C19H22N2O5S/c1-4-13-9-10-14(5-2)18(26-3)17(11-13)21-27(24,25)16-8-6-7-15(12-16)19(22)20-23/h6-9,11-12,21H,4-5,10H2,1-3H3. The second kappa shape index (κ2) is 8.77. The molecule has 1 aromatic rings. The van der Waals surface area contributed by atoms with Crippen molar-refractivity contribution in [2.45, 2.75) is 38.0 Å². The Morgan fingerprint density at radius 3 is 2.59 bits per heavy atom. The zero-order valence-corrected chi connectivity index (χ0v) is 16.3. The maximum atomic E-state index is 12.9. The number of nitrogens with one attached hydrogen (secondary N) is 1. The molecule has 0 unspecified atom stereocenters. The molecule has 0 saturated heterocycles. The van der Waals surface area contributed by atoms with Gasteiger partial charge in [0, 0.05) is 10.7 Å². The SMILES string of the molecule is CCC1=CCC(CC)=C(OC)C(NS(=O)(=O)c2cccc(C(=O)N=O)c2)=C1. The van der Waals surface area contributed by atoms with E-state index in [0.717, 1.165) is 23.6 Å². The maximum Gasteiger partial charge on any atom is 0.316 e. The van der Waals surface area contributed by atoms with Gasteiger partial charge >= 0.3 is 5.91 Å². The van der Waals surface area contributed by atoms with Crippen molar-refractivity contribution in [1.82, 2.24) is 4.72 Å². The Balaban J connectivity index is 2.48. The lowest BCUT2D eigenvalue weighted by Gasteiger charge is -2.16. The van der Waals surface area contributed by atoms with Gasteiger partial charge in [0.25, 0.3) is 10.0 Å². The van der Waals surface area contributed by atoms with Gasteiger partial charge in [0.2, 0.25) is 0 Å². The number of nitrogens with zero attached hydrogens (tertiary/aromatic N) is 1. The van der Waals surface area contributed by atoms with Crippen molar-refractivity contribution in [3.63, 3.8) is 0 Å². The molecule has 1 N–H and O–H groups in total. The van der Waals surface area contributed by atoms with Crippen LogP contribution in [0, 0.1) is 4.91 Å². The Morgan fingerprint density at radius 1 is 1.26 bits per heavy atom. The lowest BCUT2D eigenvalue weighted by molar-refractivity contribution is 0.100. The normalized spacial score (nSPS) is 14.8. The van der Waals surface area contributed by atoms with E-state index >= 15 is 0 Å². The van der Waals surface area contributed by atoms with E-state index < -0.39 is 15.9 Å². The first kappa shape index (κ1) is 20.6. The highest BCUT2D eigenvalue weighted by Crippen LogP contribution is 2.27. The number of carbonyl (C=O) groups is 1. The number of benzene rings is 1. The molecule has 0 heterocycles. The molecule has 0 aromatic heterocycles. The van der Waals surface area contributed by atoms with Crippen LogP contribution in [0.25, 0.3) is 0 Å². The Kier molecular flexibility index (Phi) is 6.68. The number of methoxy groups -OCH3 is 1. The fourth-order valence-corrected chi connectivity index (χ4v) is 3.88. The van der Waals surface area contributed by atoms with Crippen LogP contribution in [0.4, 0.5) is 0 Å². The van der Waals surface area contributed by atoms with Gasteiger partial charge in [-0.1, -0.05) is 26.0 Å². The van der Waals surface area contributed by atoms with Crippen molar-refractivity contribution in [3.8, 4) is 0 Å². The first-order valence-electron chi connectivity index (χ1n) is 8.53. The summed E-state index contributed by atoms with van der Waals surface area (Å²) >= 11 is 0. The van der Waals surface area contributed by atoms with Crippen molar-refractivity contribution in [2.24, 2.45) is 5.18 Å². The van der Waals surface area contributed by atoms with Crippen molar-refractivity contribution < 1.29 is 17.9 Å². The van der Waals surface area contributed by atoms with Crippen LogP contribution in [-0.4, -0.2) is 21.4 Å². The van der Waals surface area contributed by atoms with Gasteiger partial charge in [-0.25, -0.2) is 8.42 Å². The van der Waals surface area contributed by atoms with E-state index in [1.165, 1.54) is 25.3 Å². The van der Waals surface area contributed by atoms with Gasteiger partial charge in [0.05, 0.1) is 17.7 Å². The summed E-state index contributed by atoms with van der Waals surface area (Å²) < 4.78 is 33.8. The summed E-state index contributed by atoms with van der Waals surface area (Å²) in [7, 11) is -2.50. The molecule has 0 aliphatic heterocycles. The number of allylic oxidation sites excluding steroid dienone is 4. The summed E-state index contributed by atoms with van der Waals surface area (Å²) in [6, 6.07) is 5.18. The summed E-state index contributed by atoms with van der Waals surface area (Å²) in [6.07, 6.45) is 5.94. The highest BCUT2D eigenvalue weighted by molar-refractivity contribution is 7.89. The van der Waals surface area contributed by atoms with Gasteiger partial charge in [-0.05, 0) is 54.7 Å². The smallest absolute Gasteiger partial charge is 0.316 e. The van der Waals surface area contributed by atoms with Crippen molar-refractivity contribution >= 4 is 15.9 Å². The van der Waals surface area contributed by atoms with Crippen LogP contribution in [0.3, 0.4) is 0 Å². The minimum atomic E-state index is -4.00. The highest BCUT2D eigenvalue weighted by atomic mass is 32.2. The number of nitroso groups, excluding NO2 is 1. The lowest BCUT2D eigenvalue weighted by Crippen LogP contribution is -2.25. The van der Waals surface area contributed by atoms with Gasteiger partial charge in [-0.15, -0.1) is 4.91 Å². The quantitative estimate of drug-likeness (QED) is 0.713. The monoisotopic (exact) mass is 390 g/mol. The molecule has 27 heavy (non-hydrogen) atoms. The molecule has 0 bridgehead atoms. The van der Waals surface area contributed by atoms with Crippen LogP contribution in [0.1, 0.15) is 43.5 Å². The molecule has 7 nitrogen and oxygen atoms in total.